The van der Waals surface area contributed by atoms with Crippen molar-refractivity contribution < 1.29 is 14.3 Å². The van der Waals surface area contributed by atoms with Gasteiger partial charge in [-0.1, -0.05) is 18.2 Å². The highest BCUT2D eigenvalue weighted by Crippen LogP contribution is 2.26. The van der Waals surface area contributed by atoms with E-state index < -0.39 is 0 Å². The number of pyridine rings is 1. The summed E-state index contributed by atoms with van der Waals surface area (Å²) in [5, 5.41) is 5.04. The summed E-state index contributed by atoms with van der Waals surface area (Å²) < 4.78 is 5.64. The summed E-state index contributed by atoms with van der Waals surface area (Å²) >= 11 is 0.904. The largest absolute Gasteiger partial charge is 0.492 e. The van der Waals surface area contributed by atoms with Crippen LogP contribution in [0.2, 0.25) is 0 Å². The van der Waals surface area contributed by atoms with Gasteiger partial charge in [0, 0.05) is 6.20 Å². The van der Waals surface area contributed by atoms with Gasteiger partial charge >= 0.3 is 0 Å². The van der Waals surface area contributed by atoms with Crippen LogP contribution < -0.4 is 15.4 Å². The fourth-order valence-electron chi connectivity index (χ4n) is 2.05. The number of benzene rings is 1. The molecule has 1 aliphatic rings. The lowest BCUT2D eigenvalue weighted by atomic mass is 10.2. The van der Waals surface area contributed by atoms with E-state index in [-0.39, 0.29) is 11.1 Å². The maximum atomic E-state index is 11.5. The first kappa shape index (κ1) is 16.1. The van der Waals surface area contributed by atoms with Gasteiger partial charge in [0.2, 0.25) is 0 Å². The van der Waals surface area contributed by atoms with Gasteiger partial charge in [0.15, 0.2) is 0 Å². The Morgan fingerprint density at radius 3 is 2.67 bits per heavy atom. The van der Waals surface area contributed by atoms with E-state index >= 15 is 0 Å². The summed E-state index contributed by atoms with van der Waals surface area (Å²) in [6.07, 6.45) is 3.41. The molecule has 0 atom stereocenters. The Morgan fingerprint density at radius 1 is 1.17 bits per heavy atom. The van der Waals surface area contributed by atoms with Gasteiger partial charge < -0.3 is 10.1 Å². The minimum Gasteiger partial charge on any atom is -0.492 e. The maximum Gasteiger partial charge on any atom is 0.290 e. The number of ether oxygens (including phenoxy) is 1. The number of amides is 2. The number of nitrogens with zero attached hydrogens (tertiary/aromatic N) is 1. The SMILES string of the molecule is O=C1NC(=O)/C(=C/c2ccc(OCCNc3ccccn3)cc2)S1. The molecule has 0 aliphatic carbocycles. The average Bonchev–Trinajstić information content (AvgIpc) is 2.91. The smallest absolute Gasteiger partial charge is 0.290 e. The molecule has 122 valence electrons. The van der Waals surface area contributed by atoms with Crippen LogP contribution in [0.1, 0.15) is 5.56 Å². The van der Waals surface area contributed by atoms with Gasteiger partial charge in [-0.25, -0.2) is 4.98 Å². The number of hydrogen-bond donors (Lipinski definition) is 2. The van der Waals surface area contributed by atoms with Crippen molar-refractivity contribution in [2.45, 2.75) is 0 Å². The summed E-state index contributed by atoms with van der Waals surface area (Å²) in [6, 6.07) is 13.0. The zero-order valence-electron chi connectivity index (χ0n) is 12.7. The molecule has 1 aliphatic heterocycles. The molecule has 1 fully saturated rings. The molecular formula is C17H15N3O3S. The fourth-order valence-corrected chi connectivity index (χ4v) is 2.73. The number of rotatable bonds is 6. The molecule has 7 heteroatoms. The van der Waals surface area contributed by atoms with Crippen LogP contribution >= 0.6 is 11.8 Å². The second-order valence-electron chi connectivity index (χ2n) is 4.91. The van der Waals surface area contributed by atoms with E-state index in [0.29, 0.717) is 18.1 Å². The Hall–Kier alpha value is -2.80. The summed E-state index contributed by atoms with van der Waals surface area (Å²) in [5.41, 5.74) is 0.835. The van der Waals surface area contributed by atoms with Crippen LogP contribution in [0.5, 0.6) is 5.75 Å². The summed E-state index contributed by atoms with van der Waals surface area (Å²) in [6.45, 7) is 1.14. The van der Waals surface area contributed by atoms with Gasteiger partial charge in [0.25, 0.3) is 11.1 Å². The number of carbonyl (C=O) groups is 2. The molecule has 3 rings (SSSR count). The Bertz CT molecular complexity index is 760. The number of anilines is 1. The van der Waals surface area contributed by atoms with Crippen molar-refractivity contribution in [1.82, 2.24) is 10.3 Å². The third-order valence-electron chi connectivity index (χ3n) is 3.16. The molecule has 0 spiro atoms. The number of carbonyl (C=O) groups excluding carboxylic acids is 2. The molecule has 1 saturated heterocycles. The standard InChI is InChI=1S/C17H15N3O3S/c21-16-14(24-17(22)20-16)11-12-4-6-13(7-5-12)23-10-9-19-15-3-1-2-8-18-15/h1-8,11H,9-10H2,(H,18,19)(H,20,21,22)/b14-11-. The van der Waals surface area contributed by atoms with Gasteiger partial charge in [-0.2, -0.15) is 0 Å². The van der Waals surface area contributed by atoms with E-state index in [2.05, 4.69) is 15.6 Å². The zero-order valence-corrected chi connectivity index (χ0v) is 13.5. The van der Waals surface area contributed by atoms with Crippen LogP contribution in [0.4, 0.5) is 10.6 Å². The first-order valence-corrected chi connectivity index (χ1v) is 8.15. The molecule has 2 N–H and O–H groups in total. The number of thioether (sulfide) groups is 1. The van der Waals surface area contributed by atoms with Gasteiger partial charge in [-0.15, -0.1) is 0 Å². The maximum absolute atomic E-state index is 11.5. The predicted molar refractivity (Wildman–Crippen MR) is 93.8 cm³/mol. The zero-order chi connectivity index (χ0) is 16.8. The second kappa shape index (κ2) is 7.65. The molecule has 2 heterocycles. The molecule has 6 nitrogen and oxygen atoms in total. The lowest BCUT2D eigenvalue weighted by Gasteiger charge is -2.08. The molecule has 0 radical (unpaired) electrons. The monoisotopic (exact) mass is 341 g/mol. The molecule has 24 heavy (non-hydrogen) atoms. The number of aromatic nitrogens is 1. The molecule has 0 unspecified atom stereocenters. The van der Waals surface area contributed by atoms with Crippen LogP contribution in [0, 0.1) is 0 Å². The average molecular weight is 341 g/mol. The van der Waals surface area contributed by atoms with E-state index in [4.69, 9.17) is 4.74 Å². The van der Waals surface area contributed by atoms with Crippen LogP contribution in [0.25, 0.3) is 6.08 Å². The predicted octanol–water partition coefficient (Wildman–Crippen LogP) is 2.90. The van der Waals surface area contributed by atoms with E-state index in [1.54, 1.807) is 12.3 Å². The van der Waals surface area contributed by atoms with Crippen LogP contribution in [0.15, 0.2) is 53.6 Å². The van der Waals surface area contributed by atoms with E-state index in [1.165, 1.54) is 0 Å². The fraction of sp³-hybridized carbons (Fsp3) is 0.118. The van der Waals surface area contributed by atoms with Crippen molar-refractivity contribution in [3.05, 3.63) is 59.1 Å². The summed E-state index contributed by atoms with van der Waals surface area (Å²) in [5.74, 6) is 1.19. The van der Waals surface area contributed by atoms with Crippen molar-refractivity contribution in [2.75, 3.05) is 18.5 Å². The van der Waals surface area contributed by atoms with Crippen molar-refractivity contribution >= 4 is 34.8 Å². The van der Waals surface area contributed by atoms with E-state index in [1.807, 2.05) is 42.5 Å². The lowest BCUT2D eigenvalue weighted by Crippen LogP contribution is -2.17. The molecule has 0 saturated carbocycles. The Balaban J connectivity index is 1.49. The van der Waals surface area contributed by atoms with Crippen molar-refractivity contribution in [3.8, 4) is 5.75 Å². The van der Waals surface area contributed by atoms with Gasteiger partial charge in [-0.3, -0.25) is 14.9 Å². The van der Waals surface area contributed by atoms with Gasteiger partial charge in [-0.05, 0) is 47.7 Å². The molecular weight excluding hydrogens is 326 g/mol. The van der Waals surface area contributed by atoms with E-state index in [9.17, 15) is 9.59 Å². The Morgan fingerprint density at radius 2 is 2.00 bits per heavy atom. The topological polar surface area (TPSA) is 80.3 Å². The number of hydrogen-bond acceptors (Lipinski definition) is 6. The Kier molecular flexibility index (Phi) is 5.12. The van der Waals surface area contributed by atoms with Crippen molar-refractivity contribution in [2.24, 2.45) is 0 Å². The van der Waals surface area contributed by atoms with Crippen molar-refractivity contribution in [1.29, 1.82) is 0 Å². The van der Waals surface area contributed by atoms with Gasteiger partial charge in [0.1, 0.15) is 18.2 Å². The number of imide groups is 1. The highest BCUT2D eigenvalue weighted by atomic mass is 32.2. The van der Waals surface area contributed by atoms with Crippen LogP contribution in [-0.4, -0.2) is 29.3 Å². The summed E-state index contributed by atoms with van der Waals surface area (Å²) in [4.78, 5) is 27.2. The highest BCUT2D eigenvalue weighted by molar-refractivity contribution is 8.18. The highest BCUT2D eigenvalue weighted by Gasteiger charge is 2.24. The lowest BCUT2D eigenvalue weighted by molar-refractivity contribution is -0.115. The molecule has 1 aromatic heterocycles. The molecule has 0 bridgehead atoms. The third-order valence-corrected chi connectivity index (χ3v) is 3.97. The quantitative estimate of drug-likeness (QED) is 0.621. The normalized spacial score (nSPS) is 15.4. The molecule has 2 aromatic rings. The van der Waals surface area contributed by atoms with Crippen molar-refractivity contribution in [3.63, 3.8) is 0 Å². The minimum atomic E-state index is -0.356. The van der Waals surface area contributed by atoms with Crippen LogP contribution in [0.3, 0.4) is 0 Å². The number of nitrogens with one attached hydrogen (secondary N) is 2. The minimum absolute atomic E-state index is 0.341. The molecule has 1 aromatic carbocycles. The van der Waals surface area contributed by atoms with Gasteiger partial charge in [0.05, 0.1) is 11.4 Å². The first-order chi connectivity index (χ1) is 11.7. The first-order valence-electron chi connectivity index (χ1n) is 7.33. The second-order valence-corrected chi connectivity index (χ2v) is 5.93. The summed E-state index contributed by atoms with van der Waals surface area (Å²) in [7, 11) is 0. The Labute approximate surface area is 143 Å². The van der Waals surface area contributed by atoms with Crippen LogP contribution in [-0.2, 0) is 4.79 Å². The van der Waals surface area contributed by atoms with E-state index in [0.717, 1.165) is 28.9 Å². The third kappa shape index (κ3) is 4.36. The molecule has 2 amide bonds.